The fourth-order valence-electron chi connectivity index (χ4n) is 1.76. The predicted molar refractivity (Wildman–Crippen MR) is 83.4 cm³/mol. The van der Waals surface area contributed by atoms with Crippen LogP contribution in [0.5, 0.6) is 0 Å². The molecule has 6 heteroatoms. The molecular formula is C15H14N2O3S. The van der Waals surface area contributed by atoms with Crippen LogP contribution in [0.1, 0.15) is 12.5 Å². The minimum atomic E-state index is -0.414. The number of carbonyl (C=O) groups is 1. The summed E-state index contributed by atoms with van der Waals surface area (Å²) in [6.45, 7) is 1.47. The van der Waals surface area contributed by atoms with Crippen molar-refractivity contribution >= 4 is 29.0 Å². The van der Waals surface area contributed by atoms with Crippen molar-refractivity contribution in [2.75, 3.05) is 5.32 Å². The lowest BCUT2D eigenvalue weighted by Crippen LogP contribution is -2.06. The molecule has 2 aromatic carbocycles. The van der Waals surface area contributed by atoms with E-state index in [1.807, 2.05) is 24.3 Å². The van der Waals surface area contributed by atoms with E-state index in [0.717, 1.165) is 16.1 Å². The summed E-state index contributed by atoms with van der Waals surface area (Å²) in [7, 11) is 0. The standard InChI is InChI=1S/C15H14N2O3S/c1-11(18)16-14-4-2-3-5-15(14)21-10-12-6-8-13(9-7-12)17(19)20/h2-9H,10H2,1H3,(H,16,18). The predicted octanol–water partition coefficient (Wildman–Crippen LogP) is 3.85. The lowest BCUT2D eigenvalue weighted by Gasteiger charge is -2.09. The van der Waals surface area contributed by atoms with Crippen LogP contribution in [0.15, 0.2) is 53.4 Å². The van der Waals surface area contributed by atoms with Crippen LogP contribution >= 0.6 is 11.8 Å². The molecule has 108 valence electrons. The summed E-state index contributed by atoms with van der Waals surface area (Å²) in [6, 6.07) is 14.0. The van der Waals surface area contributed by atoms with Gasteiger partial charge in [0.1, 0.15) is 0 Å². The van der Waals surface area contributed by atoms with Crippen molar-refractivity contribution in [3.05, 3.63) is 64.2 Å². The van der Waals surface area contributed by atoms with Crippen LogP contribution in [0.3, 0.4) is 0 Å². The van der Waals surface area contributed by atoms with E-state index in [1.54, 1.807) is 23.9 Å². The Morgan fingerprint density at radius 3 is 2.48 bits per heavy atom. The summed E-state index contributed by atoms with van der Waals surface area (Å²) in [5.41, 5.74) is 1.85. The average Bonchev–Trinajstić information content (AvgIpc) is 2.46. The number of nitro benzene ring substituents is 1. The van der Waals surface area contributed by atoms with Crippen LogP contribution < -0.4 is 5.32 Å². The molecule has 0 spiro atoms. The summed E-state index contributed by atoms with van der Waals surface area (Å²) in [5, 5.41) is 13.4. The minimum absolute atomic E-state index is 0.0856. The number of benzene rings is 2. The molecule has 2 rings (SSSR count). The van der Waals surface area contributed by atoms with Gasteiger partial charge in [-0.15, -0.1) is 11.8 Å². The van der Waals surface area contributed by atoms with Crippen LogP contribution in [0.2, 0.25) is 0 Å². The van der Waals surface area contributed by atoms with Gasteiger partial charge < -0.3 is 5.32 Å². The molecule has 0 atom stereocenters. The summed E-state index contributed by atoms with van der Waals surface area (Å²) < 4.78 is 0. The number of amides is 1. The highest BCUT2D eigenvalue weighted by Gasteiger charge is 2.06. The normalized spacial score (nSPS) is 10.1. The Morgan fingerprint density at radius 1 is 1.19 bits per heavy atom. The van der Waals surface area contributed by atoms with E-state index in [1.165, 1.54) is 19.1 Å². The average molecular weight is 302 g/mol. The van der Waals surface area contributed by atoms with E-state index in [-0.39, 0.29) is 11.6 Å². The summed E-state index contributed by atoms with van der Waals surface area (Å²) in [4.78, 5) is 22.3. The number of thioether (sulfide) groups is 1. The van der Waals surface area contributed by atoms with Gasteiger partial charge in [0.25, 0.3) is 5.69 Å². The van der Waals surface area contributed by atoms with Gasteiger partial charge in [-0.05, 0) is 17.7 Å². The number of non-ortho nitro benzene ring substituents is 1. The van der Waals surface area contributed by atoms with E-state index in [2.05, 4.69) is 5.32 Å². The maximum absolute atomic E-state index is 11.2. The van der Waals surface area contributed by atoms with Gasteiger partial charge in [-0.2, -0.15) is 0 Å². The molecule has 0 saturated carbocycles. The Balaban J connectivity index is 2.06. The molecule has 0 radical (unpaired) electrons. The van der Waals surface area contributed by atoms with Crippen molar-refractivity contribution in [2.45, 2.75) is 17.6 Å². The van der Waals surface area contributed by atoms with Gasteiger partial charge in [0.2, 0.25) is 5.91 Å². The van der Waals surface area contributed by atoms with E-state index in [9.17, 15) is 14.9 Å². The molecule has 0 unspecified atom stereocenters. The van der Waals surface area contributed by atoms with Crippen molar-refractivity contribution in [3.8, 4) is 0 Å². The number of hydrogen-bond acceptors (Lipinski definition) is 4. The van der Waals surface area contributed by atoms with Gasteiger partial charge in [0, 0.05) is 29.7 Å². The fraction of sp³-hybridized carbons (Fsp3) is 0.133. The van der Waals surface area contributed by atoms with Gasteiger partial charge in [-0.25, -0.2) is 0 Å². The Morgan fingerprint density at radius 2 is 1.86 bits per heavy atom. The molecule has 1 N–H and O–H groups in total. The van der Waals surface area contributed by atoms with Crippen molar-refractivity contribution in [2.24, 2.45) is 0 Å². The zero-order valence-corrected chi connectivity index (χ0v) is 12.2. The number of hydrogen-bond donors (Lipinski definition) is 1. The highest BCUT2D eigenvalue weighted by molar-refractivity contribution is 7.98. The first-order valence-electron chi connectivity index (χ1n) is 6.29. The summed E-state index contributed by atoms with van der Waals surface area (Å²) in [5.74, 6) is 0.563. The maximum atomic E-state index is 11.2. The van der Waals surface area contributed by atoms with Gasteiger partial charge >= 0.3 is 0 Å². The number of anilines is 1. The molecule has 21 heavy (non-hydrogen) atoms. The molecule has 0 aliphatic heterocycles. The van der Waals surface area contributed by atoms with E-state index in [0.29, 0.717) is 5.75 Å². The molecule has 2 aromatic rings. The second-order valence-electron chi connectivity index (χ2n) is 4.39. The quantitative estimate of drug-likeness (QED) is 0.517. The zero-order valence-electron chi connectivity index (χ0n) is 11.4. The topological polar surface area (TPSA) is 72.2 Å². The third-order valence-electron chi connectivity index (χ3n) is 2.74. The first-order chi connectivity index (χ1) is 10.1. The Hall–Kier alpha value is -2.34. The lowest BCUT2D eigenvalue weighted by atomic mass is 10.2. The highest BCUT2D eigenvalue weighted by Crippen LogP contribution is 2.30. The fourth-order valence-corrected chi connectivity index (χ4v) is 2.72. The van der Waals surface area contributed by atoms with Crippen LogP contribution in [-0.2, 0) is 10.5 Å². The molecule has 0 heterocycles. The summed E-state index contributed by atoms with van der Waals surface area (Å²) in [6.07, 6.45) is 0. The number of nitrogens with one attached hydrogen (secondary N) is 1. The summed E-state index contributed by atoms with van der Waals surface area (Å²) >= 11 is 1.57. The van der Waals surface area contributed by atoms with Crippen molar-refractivity contribution in [1.82, 2.24) is 0 Å². The van der Waals surface area contributed by atoms with Gasteiger partial charge in [0.15, 0.2) is 0 Å². The SMILES string of the molecule is CC(=O)Nc1ccccc1SCc1ccc([N+](=O)[O-])cc1. The third-order valence-corrected chi connectivity index (χ3v) is 3.88. The monoisotopic (exact) mass is 302 g/mol. The Bertz CT molecular complexity index is 656. The number of para-hydroxylation sites is 1. The van der Waals surface area contributed by atoms with Crippen LogP contribution in [0.25, 0.3) is 0 Å². The molecule has 5 nitrogen and oxygen atoms in total. The minimum Gasteiger partial charge on any atom is -0.325 e. The molecule has 0 aliphatic rings. The van der Waals surface area contributed by atoms with E-state index < -0.39 is 4.92 Å². The second kappa shape index (κ2) is 6.90. The Labute approximate surface area is 126 Å². The molecule has 0 aromatic heterocycles. The van der Waals surface area contributed by atoms with Gasteiger partial charge in [-0.1, -0.05) is 24.3 Å². The molecule has 0 fully saturated rings. The van der Waals surface area contributed by atoms with Crippen molar-refractivity contribution in [3.63, 3.8) is 0 Å². The number of nitrogens with zero attached hydrogens (tertiary/aromatic N) is 1. The molecule has 1 amide bonds. The highest BCUT2D eigenvalue weighted by atomic mass is 32.2. The number of rotatable bonds is 5. The lowest BCUT2D eigenvalue weighted by molar-refractivity contribution is -0.384. The molecular weight excluding hydrogens is 288 g/mol. The zero-order chi connectivity index (χ0) is 15.2. The first-order valence-corrected chi connectivity index (χ1v) is 7.27. The van der Waals surface area contributed by atoms with E-state index >= 15 is 0 Å². The molecule has 0 saturated heterocycles. The van der Waals surface area contributed by atoms with Crippen LogP contribution in [0, 0.1) is 10.1 Å². The van der Waals surface area contributed by atoms with Crippen LogP contribution in [-0.4, -0.2) is 10.8 Å². The maximum Gasteiger partial charge on any atom is 0.269 e. The molecule has 0 aliphatic carbocycles. The van der Waals surface area contributed by atoms with Gasteiger partial charge in [0.05, 0.1) is 10.6 Å². The van der Waals surface area contributed by atoms with Crippen LogP contribution in [0.4, 0.5) is 11.4 Å². The smallest absolute Gasteiger partial charge is 0.269 e. The van der Waals surface area contributed by atoms with E-state index in [4.69, 9.17) is 0 Å². The number of carbonyl (C=O) groups excluding carboxylic acids is 1. The Kier molecular flexibility index (Phi) is 4.94. The van der Waals surface area contributed by atoms with Gasteiger partial charge in [-0.3, -0.25) is 14.9 Å². The van der Waals surface area contributed by atoms with Crippen molar-refractivity contribution < 1.29 is 9.72 Å². The van der Waals surface area contributed by atoms with Crippen molar-refractivity contribution in [1.29, 1.82) is 0 Å². The largest absolute Gasteiger partial charge is 0.325 e. The number of nitro groups is 1. The first kappa shape index (κ1) is 15.1. The third kappa shape index (κ3) is 4.32. The second-order valence-corrected chi connectivity index (χ2v) is 5.41. The molecule has 0 bridgehead atoms.